The van der Waals surface area contributed by atoms with Crippen molar-refractivity contribution in [3.8, 4) is 0 Å². The molecule has 0 saturated heterocycles. The van der Waals surface area contributed by atoms with Gasteiger partial charge in [-0.05, 0) is 131 Å². The minimum Gasteiger partial charge on any atom is -0.481 e. The Bertz CT molecular complexity index is 1750. The van der Waals surface area contributed by atoms with Crippen molar-refractivity contribution in [3.63, 3.8) is 0 Å². The largest absolute Gasteiger partial charge is 0.519 e. The van der Waals surface area contributed by atoms with E-state index in [9.17, 15) is 29.1 Å². The van der Waals surface area contributed by atoms with Gasteiger partial charge in [-0.15, -0.1) is 0 Å². The number of ketones is 1. The minimum atomic E-state index is -1.16. The predicted octanol–water partition coefficient (Wildman–Crippen LogP) is 6.91. The number of aliphatic carboxylic acids is 1. The fourth-order valence-electron chi connectivity index (χ4n) is 12.1. The third kappa shape index (κ3) is 4.74. The lowest BCUT2D eigenvalue weighted by molar-refractivity contribution is -0.205. The Balaban J connectivity index is 1.27. The van der Waals surface area contributed by atoms with E-state index in [0.717, 1.165) is 37.7 Å². The number of hydrogen-bond acceptors (Lipinski definition) is 8. The maximum absolute atomic E-state index is 14.9. The molecule has 0 spiro atoms. The van der Waals surface area contributed by atoms with Crippen LogP contribution in [0.1, 0.15) is 131 Å². The molecule has 1 aromatic heterocycles. The molecule has 5 fully saturated rings. The molecule has 0 aromatic carbocycles. The molecule has 1 unspecified atom stereocenters. The fourth-order valence-corrected chi connectivity index (χ4v) is 12.1. The maximum atomic E-state index is 14.9. The SMILES string of the molecule is Cc1oc(=O)oc1COC(=O)[C@@]1(C)C2CC[C@]3(C)[C@H](C(=O)C=C4[C@@H]5C[C@@](C)(C(=O)O)CC[C@]5(C)CC[C@]43C)[C@@]2(C)CC[C@@H]1NC(=O)C1(C)CC1. The molecule has 50 heavy (non-hydrogen) atoms. The number of aryl methyl sites for hydroxylation is 1. The minimum absolute atomic E-state index is 0.0183. The summed E-state index contributed by atoms with van der Waals surface area (Å²) < 4.78 is 16.1. The molecule has 5 saturated carbocycles. The van der Waals surface area contributed by atoms with Crippen LogP contribution in [-0.4, -0.2) is 34.8 Å². The smallest absolute Gasteiger partial charge is 0.481 e. The molecule has 7 rings (SSSR count). The number of rotatable bonds is 6. The van der Waals surface area contributed by atoms with Gasteiger partial charge in [0.25, 0.3) is 0 Å². The summed E-state index contributed by atoms with van der Waals surface area (Å²) in [6.45, 7) is 16.1. The van der Waals surface area contributed by atoms with E-state index in [4.69, 9.17) is 13.6 Å². The number of nitrogens with one attached hydrogen (secondary N) is 1. The van der Waals surface area contributed by atoms with Gasteiger partial charge in [-0.2, -0.15) is 0 Å². The van der Waals surface area contributed by atoms with Crippen LogP contribution in [0, 0.1) is 62.6 Å². The van der Waals surface area contributed by atoms with Crippen LogP contribution in [0.15, 0.2) is 25.3 Å². The van der Waals surface area contributed by atoms with Crippen molar-refractivity contribution < 1.29 is 37.9 Å². The Hall–Kier alpha value is -3.17. The number of amides is 1. The number of carboxylic acids is 1. The topological polar surface area (TPSA) is 153 Å². The number of carbonyl (C=O) groups is 4. The number of esters is 1. The molecule has 2 N–H and O–H groups in total. The number of allylic oxidation sites excluding steroid dienone is 2. The summed E-state index contributed by atoms with van der Waals surface area (Å²) in [5, 5.41) is 13.5. The van der Waals surface area contributed by atoms with E-state index in [2.05, 4.69) is 33.0 Å². The number of carboxylic acid groups (broad SMARTS) is 1. The summed E-state index contributed by atoms with van der Waals surface area (Å²) in [6.07, 6.45) is 10.0. The number of carbonyl (C=O) groups excluding carboxylic acids is 3. The Morgan fingerprint density at radius 3 is 2.16 bits per heavy atom. The lowest BCUT2D eigenvalue weighted by atomic mass is 9.33. The average molecular weight is 694 g/mol. The second-order valence-corrected chi connectivity index (χ2v) is 19.0. The summed E-state index contributed by atoms with van der Waals surface area (Å²) in [6, 6.07) is -0.494. The van der Waals surface area contributed by atoms with Gasteiger partial charge in [0.05, 0.1) is 10.8 Å². The first-order valence-electron chi connectivity index (χ1n) is 18.7. The number of fused-ring (bicyclic) bond motifs is 7. The monoisotopic (exact) mass is 693 g/mol. The van der Waals surface area contributed by atoms with Crippen LogP contribution in [0.5, 0.6) is 0 Å². The molecule has 10 heteroatoms. The number of hydrogen-bond donors (Lipinski definition) is 2. The molecule has 10 atom stereocenters. The van der Waals surface area contributed by atoms with E-state index < -0.39 is 50.9 Å². The third-order valence-corrected chi connectivity index (χ3v) is 16.2. The summed E-state index contributed by atoms with van der Waals surface area (Å²) in [4.78, 5) is 67.1. The van der Waals surface area contributed by atoms with Crippen molar-refractivity contribution in [2.24, 2.45) is 55.7 Å². The first-order valence-corrected chi connectivity index (χ1v) is 18.7. The normalized spacial score (nSPS) is 44.4. The van der Waals surface area contributed by atoms with Gasteiger partial charge in [-0.25, -0.2) is 4.79 Å². The van der Waals surface area contributed by atoms with Gasteiger partial charge >= 0.3 is 17.8 Å². The third-order valence-electron chi connectivity index (χ3n) is 16.2. The highest BCUT2D eigenvalue weighted by atomic mass is 16.6. The fraction of sp³-hybridized carbons (Fsp3) is 0.775. The molecule has 1 heterocycles. The zero-order valence-electron chi connectivity index (χ0n) is 31.1. The Morgan fingerprint density at radius 2 is 1.54 bits per heavy atom. The van der Waals surface area contributed by atoms with Crippen LogP contribution in [0.25, 0.3) is 0 Å². The average Bonchev–Trinajstić information content (AvgIpc) is 3.71. The van der Waals surface area contributed by atoms with E-state index in [0.29, 0.717) is 38.5 Å². The van der Waals surface area contributed by atoms with Crippen molar-refractivity contribution in [3.05, 3.63) is 33.8 Å². The van der Waals surface area contributed by atoms with Gasteiger partial charge in [0.15, 0.2) is 23.9 Å². The molecule has 1 amide bonds. The van der Waals surface area contributed by atoms with Gasteiger partial charge in [0.1, 0.15) is 0 Å². The van der Waals surface area contributed by atoms with Crippen LogP contribution >= 0.6 is 0 Å². The Labute approximate surface area is 294 Å². The van der Waals surface area contributed by atoms with Gasteiger partial charge < -0.3 is 24.0 Å². The van der Waals surface area contributed by atoms with Crippen molar-refractivity contribution in [1.29, 1.82) is 0 Å². The maximum Gasteiger partial charge on any atom is 0.519 e. The van der Waals surface area contributed by atoms with Crippen molar-refractivity contribution >= 4 is 23.6 Å². The van der Waals surface area contributed by atoms with Gasteiger partial charge in [-0.3, -0.25) is 19.2 Å². The summed E-state index contributed by atoms with van der Waals surface area (Å²) >= 11 is 0. The molecular formula is C40H55NO9. The van der Waals surface area contributed by atoms with Gasteiger partial charge in [0.2, 0.25) is 5.91 Å². The molecule has 6 aliphatic rings. The quantitative estimate of drug-likeness (QED) is 0.303. The summed E-state index contributed by atoms with van der Waals surface area (Å²) in [5.74, 6) is -2.30. The second-order valence-electron chi connectivity index (χ2n) is 19.0. The van der Waals surface area contributed by atoms with Crippen LogP contribution in [0.2, 0.25) is 0 Å². The van der Waals surface area contributed by atoms with Crippen LogP contribution in [-0.2, 0) is 30.5 Å². The number of ether oxygens (including phenoxy) is 1. The van der Waals surface area contributed by atoms with Crippen LogP contribution in [0.4, 0.5) is 0 Å². The van der Waals surface area contributed by atoms with E-state index in [1.807, 2.05) is 26.8 Å². The molecule has 6 aliphatic carbocycles. The van der Waals surface area contributed by atoms with Crippen LogP contribution < -0.4 is 11.1 Å². The molecule has 0 radical (unpaired) electrons. The Kier molecular flexibility index (Phi) is 7.70. The zero-order chi connectivity index (χ0) is 36.4. The standard InChI is InChI=1S/C40H55NO9/c1-22-26(50-33(47)49-22)21-48-32(46)40(8)27-9-12-39(7)29(37(27,5)11-10-28(40)41-30(43)35(3)14-15-35)25(42)19-23-24-20-36(4,31(44)45)16-13-34(24,2)17-18-38(23,39)6/h19,24,27-29H,9-18,20-21H2,1-8H3,(H,41,43)(H,44,45)/t24-,27?,28-,29+,34+,36-,37-,38+,39+,40-/m0/s1. The van der Waals surface area contributed by atoms with Crippen molar-refractivity contribution in [2.45, 2.75) is 139 Å². The van der Waals surface area contributed by atoms with Crippen molar-refractivity contribution in [2.75, 3.05) is 0 Å². The van der Waals surface area contributed by atoms with E-state index in [1.165, 1.54) is 0 Å². The summed E-state index contributed by atoms with van der Waals surface area (Å²) in [5.41, 5.74) is -2.61. The molecule has 1 aromatic rings. The van der Waals surface area contributed by atoms with E-state index >= 15 is 0 Å². The van der Waals surface area contributed by atoms with E-state index in [1.54, 1.807) is 6.92 Å². The van der Waals surface area contributed by atoms with Gasteiger partial charge in [-0.1, -0.05) is 40.2 Å². The molecule has 274 valence electrons. The molecule has 0 aliphatic heterocycles. The molecule has 10 nitrogen and oxygen atoms in total. The zero-order valence-corrected chi connectivity index (χ0v) is 31.1. The lowest BCUT2D eigenvalue weighted by Gasteiger charge is -2.70. The highest BCUT2D eigenvalue weighted by Crippen LogP contribution is 2.75. The van der Waals surface area contributed by atoms with Crippen molar-refractivity contribution in [1.82, 2.24) is 5.32 Å². The van der Waals surface area contributed by atoms with Gasteiger partial charge in [0, 0.05) is 17.4 Å². The first-order chi connectivity index (χ1) is 23.2. The lowest BCUT2D eigenvalue weighted by Crippen LogP contribution is -2.69. The molecular weight excluding hydrogens is 638 g/mol. The Morgan fingerprint density at radius 1 is 0.880 bits per heavy atom. The summed E-state index contributed by atoms with van der Waals surface area (Å²) in [7, 11) is 0. The highest BCUT2D eigenvalue weighted by molar-refractivity contribution is 5.96. The van der Waals surface area contributed by atoms with E-state index in [-0.39, 0.29) is 58.4 Å². The first kappa shape index (κ1) is 35.2. The predicted molar refractivity (Wildman–Crippen MR) is 182 cm³/mol. The van der Waals surface area contributed by atoms with Crippen LogP contribution in [0.3, 0.4) is 0 Å². The molecule has 0 bridgehead atoms. The second kappa shape index (κ2) is 10.9. The highest BCUT2D eigenvalue weighted by Gasteiger charge is 2.72.